The number of nitrogens with zero attached hydrogens (tertiary/aromatic N) is 2. The summed E-state index contributed by atoms with van der Waals surface area (Å²) in [5, 5.41) is 0. The predicted molar refractivity (Wildman–Crippen MR) is 129 cm³/mol. The minimum absolute atomic E-state index is 0.0653. The number of rotatable bonds is 9. The molecule has 1 fully saturated rings. The second kappa shape index (κ2) is 10.5. The van der Waals surface area contributed by atoms with Crippen LogP contribution in [0.3, 0.4) is 0 Å². The van der Waals surface area contributed by atoms with E-state index in [0.717, 1.165) is 41.3 Å². The Morgan fingerprint density at radius 1 is 0.848 bits per heavy atom. The van der Waals surface area contributed by atoms with Crippen LogP contribution in [0.2, 0.25) is 0 Å². The first-order valence-corrected chi connectivity index (χ1v) is 14.2. The Hall–Kier alpha value is -1.94. The van der Waals surface area contributed by atoms with Gasteiger partial charge in [-0.1, -0.05) is 31.9 Å². The smallest absolute Gasteiger partial charge is 0.243 e. The number of benzene rings is 2. The maximum atomic E-state index is 13.8. The summed E-state index contributed by atoms with van der Waals surface area (Å²) < 4.78 is 60.6. The quantitative estimate of drug-likeness (QED) is 0.524. The van der Waals surface area contributed by atoms with Crippen molar-refractivity contribution in [3.8, 4) is 5.75 Å². The van der Waals surface area contributed by atoms with Crippen molar-refractivity contribution < 1.29 is 21.6 Å². The average molecular weight is 495 g/mol. The van der Waals surface area contributed by atoms with Crippen molar-refractivity contribution in [1.29, 1.82) is 0 Å². The minimum Gasteiger partial charge on any atom is -0.494 e. The molecule has 7 nitrogen and oxygen atoms in total. The molecule has 0 aliphatic heterocycles. The third kappa shape index (κ3) is 5.77. The summed E-state index contributed by atoms with van der Waals surface area (Å²) in [6, 6.07) is 12.9. The van der Waals surface area contributed by atoms with E-state index >= 15 is 0 Å². The van der Waals surface area contributed by atoms with Gasteiger partial charge in [-0.05, 0) is 67.6 Å². The first-order chi connectivity index (χ1) is 15.6. The third-order valence-electron chi connectivity index (χ3n) is 6.22. The summed E-state index contributed by atoms with van der Waals surface area (Å²) in [6.45, 7) is 4.85. The molecule has 2 aromatic carbocycles. The predicted octanol–water partition coefficient (Wildman–Crippen LogP) is 4.11. The fraction of sp³-hybridized carbons (Fsp3) is 0.500. The topological polar surface area (TPSA) is 84.0 Å². The van der Waals surface area contributed by atoms with Crippen LogP contribution in [0.4, 0.5) is 0 Å². The van der Waals surface area contributed by atoms with Crippen molar-refractivity contribution in [2.75, 3.05) is 20.7 Å². The van der Waals surface area contributed by atoms with Crippen LogP contribution in [0.25, 0.3) is 0 Å². The molecule has 182 valence electrons. The molecular weight excluding hydrogens is 460 g/mol. The molecular formula is C24H34N2O5S2. The van der Waals surface area contributed by atoms with Gasteiger partial charge < -0.3 is 4.74 Å². The Morgan fingerprint density at radius 3 is 1.91 bits per heavy atom. The molecule has 0 unspecified atom stereocenters. The molecule has 1 aliphatic carbocycles. The van der Waals surface area contributed by atoms with Crippen LogP contribution in [0.15, 0.2) is 58.3 Å². The highest BCUT2D eigenvalue weighted by molar-refractivity contribution is 7.89. The second-order valence-corrected chi connectivity index (χ2v) is 12.8. The van der Waals surface area contributed by atoms with E-state index in [1.54, 1.807) is 4.31 Å². The van der Waals surface area contributed by atoms with E-state index < -0.39 is 20.0 Å². The lowest BCUT2D eigenvalue weighted by Gasteiger charge is -2.37. The largest absolute Gasteiger partial charge is 0.494 e. The van der Waals surface area contributed by atoms with Gasteiger partial charge in [0, 0.05) is 26.7 Å². The van der Waals surface area contributed by atoms with Gasteiger partial charge in [0.15, 0.2) is 0 Å². The van der Waals surface area contributed by atoms with Crippen LogP contribution in [-0.4, -0.2) is 52.2 Å². The zero-order valence-corrected chi connectivity index (χ0v) is 21.4. The van der Waals surface area contributed by atoms with Crippen molar-refractivity contribution in [3.05, 3.63) is 54.1 Å². The van der Waals surface area contributed by atoms with Gasteiger partial charge >= 0.3 is 0 Å². The zero-order valence-electron chi connectivity index (χ0n) is 19.8. The van der Waals surface area contributed by atoms with E-state index in [4.69, 9.17) is 4.74 Å². The molecule has 33 heavy (non-hydrogen) atoms. The zero-order chi connectivity index (χ0) is 24.2. The number of hydrogen-bond acceptors (Lipinski definition) is 5. The maximum absolute atomic E-state index is 13.8. The van der Waals surface area contributed by atoms with Gasteiger partial charge in [0.25, 0.3) is 0 Å². The van der Waals surface area contributed by atoms with Gasteiger partial charge in [-0.3, -0.25) is 0 Å². The molecule has 3 rings (SSSR count). The van der Waals surface area contributed by atoms with Crippen molar-refractivity contribution in [2.45, 2.75) is 61.9 Å². The highest BCUT2D eigenvalue weighted by Crippen LogP contribution is 2.33. The van der Waals surface area contributed by atoms with E-state index in [1.165, 1.54) is 38.4 Å². The molecule has 0 amide bonds. The monoisotopic (exact) mass is 494 g/mol. The van der Waals surface area contributed by atoms with Crippen LogP contribution in [0.1, 0.15) is 45.1 Å². The highest BCUT2D eigenvalue weighted by atomic mass is 32.2. The fourth-order valence-electron chi connectivity index (χ4n) is 4.27. The molecule has 0 heterocycles. The Kier molecular flexibility index (Phi) is 8.21. The summed E-state index contributed by atoms with van der Waals surface area (Å²) in [7, 11) is -4.58. The maximum Gasteiger partial charge on any atom is 0.243 e. The lowest BCUT2D eigenvalue weighted by atomic mass is 9.86. The molecule has 0 radical (unpaired) electrons. The van der Waals surface area contributed by atoms with E-state index in [2.05, 4.69) is 6.92 Å². The molecule has 2 aromatic rings. The fourth-order valence-corrected chi connectivity index (χ4v) is 6.91. The lowest BCUT2D eigenvalue weighted by molar-refractivity contribution is 0.185. The summed E-state index contributed by atoms with van der Waals surface area (Å²) in [5.74, 6) is 0.990. The second-order valence-electron chi connectivity index (χ2n) is 8.72. The van der Waals surface area contributed by atoms with Crippen LogP contribution in [-0.2, 0) is 26.6 Å². The third-order valence-corrected chi connectivity index (χ3v) is 9.93. The van der Waals surface area contributed by atoms with Crippen LogP contribution < -0.4 is 4.74 Å². The van der Waals surface area contributed by atoms with Gasteiger partial charge in [0.2, 0.25) is 20.0 Å². The SMILES string of the molecule is CCOc1ccc(CN([C@H]2CCCC[C@H]2C)S(=O)(=O)c2ccc(S(=O)(=O)N(C)C)cc2)cc1. The molecule has 0 spiro atoms. The van der Waals surface area contributed by atoms with Crippen molar-refractivity contribution in [1.82, 2.24) is 8.61 Å². The first kappa shape index (κ1) is 25.7. The Labute approximate surface area is 198 Å². The molecule has 0 bridgehead atoms. The van der Waals surface area contributed by atoms with E-state index in [0.29, 0.717) is 6.61 Å². The van der Waals surface area contributed by atoms with Gasteiger partial charge in [0.1, 0.15) is 5.75 Å². The summed E-state index contributed by atoms with van der Waals surface area (Å²) >= 11 is 0. The summed E-state index contributed by atoms with van der Waals surface area (Å²) in [5.41, 5.74) is 0.881. The number of hydrogen-bond donors (Lipinski definition) is 0. The minimum atomic E-state index is -3.84. The van der Waals surface area contributed by atoms with Gasteiger partial charge in [-0.2, -0.15) is 4.31 Å². The summed E-state index contributed by atoms with van der Waals surface area (Å²) in [6.07, 6.45) is 3.89. The van der Waals surface area contributed by atoms with Gasteiger partial charge in [-0.25, -0.2) is 21.1 Å². The highest BCUT2D eigenvalue weighted by Gasteiger charge is 2.36. The van der Waals surface area contributed by atoms with Crippen molar-refractivity contribution in [2.24, 2.45) is 5.92 Å². The van der Waals surface area contributed by atoms with Gasteiger partial charge in [0.05, 0.1) is 16.4 Å². The molecule has 0 aromatic heterocycles. The van der Waals surface area contributed by atoms with E-state index in [9.17, 15) is 16.8 Å². The Morgan fingerprint density at radius 2 is 1.39 bits per heavy atom. The normalized spacial score (nSPS) is 19.7. The Balaban J connectivity index is 1.96. The van der Waals surface area contributed by atoms with Crippen LogP contribution in [0.5, 0.6) is 5.75 Å². The van der Waals surface area contributed by atoms with Crippen molar-refractivity contribution in [3.63, 3.8) is 0 Å². The first-order valence-electron chi connectivity index (χ1n) is 11.3. The summed E-state index contributed by atoms with van der Waals surface area (Å²) in [4.78, 5) is 0.166. The van der Waals surface area contributed by atoms with Crippen molar-refractivity contribution >= 4 is 20.0 Å². The van der Waals surface area contributed by atoms with Crippen LogP contribution in [0, 0.1) is 5.92 Å². The van der Waals surface area contributed by atoms with E-state index in [1.807, 2.05) is 31.2 Å². The standard InChI is InChI=1S/C24H34N2O5S2/c1-5-31-21-12-10-20(11-13-21)18-26(24-9-7-6-8-19(24)2)33(29,30)23-16-14-22(15-17-23)32(27,28)25(3)4/h10-17,19,24H,5-9,18H2,1-4H3/t19-,24+/m1/s1. The lowest BCUT2D eigenvalue weighted by Crippen LogP contribution is -2.44. The van der Waals surface area contributed by atoms with Gasteiger partial charge in [-0.15, -0.1) is 0 Å². The van der Waals surface area contributed by atoms with E-state index in [-0.39, 0.29) is 28.3 Å². The van der Waals surface area contributed by atoms with Crippen LogP contribution >= 0.6 is 0 Å². The molecule has 1 saturated carbocycles. The molecule has 9 heteroatoms. The molecule has 1 aliphatic rings. The Bertz CT molecular complexity index is 1130. The molecule has 0 saturated heterocycles. The number of sulfonamides is 2. The molecule has 2 atom stereocenters. The average Bonchev–Trinajstić information content (AvgIpc) is 2.79. The number of ether oxygens (including phenoxy) is 1. The molecule has 0 N–H and O–H groups in total.